The molecule has 0 aromatic heterocycles. The summed E-state index contributed by atoms with van der Waals surface area (Å²) >= 11 is 0. The first-order valence-corrected chi connectivity index (χ1v) is 7.11. The number of nitrogens with zero attached hydrogens (tertiary/aromatic N) is 1. The van der Waals surface area contributed by atoms with Crippen LogP contribution >= 0.6 is 0 Å². The maximum absolute atomic E-state index is 5.93. The maximum Gasteiger partial charge on any atom is 0.121 e. The maximum atomic E-state index is 5.93. The average Bonchev–Trinajstić information content (AvgIpc) is 2.34. The molecule has 0 spiro atoms. The molecule has 0 atom stereocenters. The van der Waals surface area contributed by atoms with Gasteiger partial charge in [-0.3, -0.25) is 0 Å². The number of rotatable bonds is 6. The Morgan fingerprint density at radius 2 is 2.11 bits per heavy atom. The third kappa shape index (κ3) is 3.28. The number of methoxy groups -OCH3 is 1. The van der Waals surface area contributed by atoms with E-state index in [0.29, 0.717) is 5.41 Å². The predicted octanol–water partition coefficient (Wildman–Crippen LogP) is 2.56. The summed E-state index contributed by atoms with van der Waals surface area (Å²) in [6, 6.07) is 6.42. The summed E-state index contributed by atoms with van der Waals surface area (Å²) in [5.41, 5.74) is 8.85. The van der Waals surface area contributed by atoms with Crippen LogP contribution in [0, 0.1) is 12.3 Å². The van der Waals surface area contributed by atoms with Gasteiger partial charge in [0.25, 0.3) is 0 Å². The molecule has 0 saturated heterocycles. The van der Waals surface area contributed by atoms with E-state index in [4.69, 9.17) is 10.5 Å². The Bertz CT molecular complexity index is 421. The molecule has 0 bridgehead atoms. The fraction of sp³-hybridized carbons (Fsp3) is 0.625. The topological polar surface area (TPSA) is 38.5 Å². The van der Waals surface area contributed by atoms with Gasteiger partial charge in [-0.25, -0.2) is 0 Å². The van der Waals surface area contributed by atoms with Gasteiger partial charge in [-0.2, -0.15) is 0 Å². The Labute approximate surface area is 116 Å². The number of hydrogen-bond donors (Lipinski definition) is 1. The van der Waals surface area contributed by atoms with Gasteiger partial charge in [0.15, 0.2) is 0 Å². The van der Waals surface area contributed by atoms with Crippen molar-refractivity contribution in [2.75, 3.05) is 27.2 Å². The Morgan fingerprint density at radius 3 is 2.58 bits per heavy atom. The molecule has 3 heteroatoms. The zero-order valence-corrected chi connectivity index (χ0v) is 12.4. The van der Waals surface area contributed by atoms with Gasteiger partial charge in [0.05, 0.1) is 7.11 Å². The third-order valence-corrected chi connectivity index (χ3v) is 4.36. The normalized spacial score (nSPS) is 17.3. The lowest BCUT2D eigenvalue weighted by molar-refractivity contribution is 0.0845. The minimum absolute atomic E-state index is 0.385. The molecular weight excluding hydrogens is 236 g/mol. The van der Waals surface area contributed by atoms with Crippen molar-refractivity contribution in [3.63, 3.8) is 0 Å². The highest BCUT2D eigenvalue weighted by Crippen LogP contribution is 2.40. The summed E-state index contributed by atoms with van der Waals surface area (Å²) in [7, 11) is 3.91. The van der Waals surface area contributed by atoms with Crippen LogP contribution in [0.25, 0.3) is 0 Å². The lowest BCUT2D eigenvalue weighted by atomic mass is 9.68. The van der Waals surface area contributed by atoms with E-state index in [1.807, 2.05) is 0 Å². The van der Waals surface area contributed by atoms with Crippen molar-refractivity contribution in [1.29, 1.82) is 0 Å². The monoisotopic (exact) mass is 262 g/mol. The highest BCUT2D eigenvalue weighted by atomic mass is 16.5. The van der Waals surface area contributed by atoms with Gasteiger partial charge in [-0.1, -0.05) is 18.6 Å². The summed E-state index contributed by atoms with van der Waals surface area (Å²) in [4.78, 5) is 2.40. The fourth-order valence-electron chi connectivity index (χ4n) is 3.08. The summed E-state index contributed by atoms with van der Waals surface area (Å²) < 4.78 is 5.30. The minimum Gasteiger partial charge on any atom is -0.496 e. The van der Waals surface area contributed by atoms with E-state index < -0.39 is 0 Å². The molecular formula is C16H26N2O. The fourth-order valence-corrected chi connectivity index (χ4v) is 3.08. The number of aryl methyl sites for hydroxylation is 1. The first kappa shape index (κ1) is 14.4. The quantitative estimate of drug-likeness (QED) is 0.856. The Kier molecular flexibility index (Phi) is 4.48. The van der Waals surface area contributed by atoms with Crippen molar-refractivity contribution in [3.8, 4) is 5.75 Å². The highest BCUT2D eigenvalue weighted by molar-refractivity contribution is 5.36. The number of nitrogens with two attached hydrogens (primary N) is 1. The van der Waals surface area contributed by atoms with Gasteiger partial charge < -0.3 is 15.4 Å². The highest BCUT2D eigenvalue weighted by Gasteiger charge is 2.36. The lowest BCUT2D eigenvalue weighted by Crippen LogP contribution is -2.45. The zero-order valence-electron chi connectivity index (χ0n) is 12.4. The standard InChI is InChI=1S/C16H26N2O/c1-13-9-14(5-6-15(13)19-3)10-18(2)12-16(11-17)7-4-8-16/h5-6,9H,4,7-8,10-12,17H2,1-3H3. The van der Waals surface area contributed by atoms with Crippen LogP contribution in [0.15, 0.2) is 18.2 Å². The Hall–Kier alpha value is -1.06. The second-order valence-corrected chi connectivity index (χ2v) is 6.03. The van der Waals surface area contributed by atoms with Gasteiger partial charge >= 0.3 is 0 Å². The van der Waals surface area contributed by atoms with Crippen molar-refractivity contribution < 1.29 is 4.74 Å². The smallest absolute Gasteiger partial charge is 0.121 e. The second-order valence-electron chi connectivity index (χ2n) is 6.03. The molecule has 1 saturated carbocycles. The van der Waals surface area contributed by atoms with Gasteiger partial charge in [0, 0.05) is 13.1 Å². The van der Waals surface area contributed by atoms with Crippen LogP contribution in [-0.2, 0) is 6.54 Å². The van der Waals surface area contributed by atoms with Crippen LogP contribution < -0.4 is 10.5 Å². The van der Waals surface area contributed by atoms with Crippen molar-refractivity contribution in [1.82, 2.24) is 4.90 Å². The minimum atomic E-state index is 0.385. The van der Waals surface area contributed by atoms with Crippen molar-refractivity contribution in [2.24, 2.45) is 11.1 Å². The number of ether oxygens (including phenoxy) is 1. The Morgan fingerprint density at radius 1 is 1.37 bits per heavy atom. The van der Waals surface area contributed by atoms with E-state index in [1.54, 1.807) is 7.11 Å². The summed E-state index contributed by atoms with van der Waals surface area (Å²) in [5.74, 6) is 0.962. The van der Waals surface area contributed by atoms with E-state index in [2.05, 4.69) is 37.1 Å². The number of benzene rings is 1. The lowest BCUT2D eigenvalue weighted by Gasteiger charge is -2.43. The molecule has 2 N–H and O–H groups in total. The molecule has 1 aliphatic carbocycles. The molecule has 106 valence electrons. The van der Waals surface area contributed by atoms with Crippen LogP contribution in [0.3, 0.4) is 0 Å². The van der Waals surface area contributed by atoms with Crippen LogP contribution in [0.4, 0.5) is 0 Å². The molecule has 1 aromatic rings. The molecule has 1 aliphatic rings. The molecule has 0 amide bonds. The molecule has 0 radical (unpaired) electrons. The van der Waals surface area contributed by atoms with Crippen LogP contribution in [0.2, 0.25) is 0 Å². The van der Waals surface area contributed by atoms with Crippen LogP contribution in [-0.4, -0.2) is 32.1 Å². The molecule has 19 heavy (non-hydrogen) atoms. The van der Waals surface area contributed by atoms with Crippen LogP contribution in [0.1, 0.15) is 30.4 Å². The molecule has 0 aliphatic heterocycles. The van der Waals surface area contributed by atoms with Crippen LogP contribution in [0.5, 0.6) is 5.75 Å². The Balaban J connectivity index is 1.95. The van der Waals surface area contributed by atoms with E-state index in [9.17, 15) is 0 Å². The summed E-state index contributed by atoms with van der Waals surface area (Å²) in [6.45, 7) is 5.00. The van der Waals surface area contributed by atoms with Gasteiger partial charge in [0.1, 0.15) is 5.75 Å². The van der Waals surface area contributed by atoms with E-state index in [0.717, 1.165) is 25.4 Å². The van der Waals surface area contributed by atoms with Crippen molar-refractivity contribution >= 4 is 0 Å². The number of hydrogen-bond acceptors (Lipinski definition) is 3. The first-order chi connectivity index (χ1) is 9.08. The first-order valence-electron chi connectivity index (χ1n) is 7.11. The molecule has 0 unspecified atom stereocenters. The molecule has 1 aromatic carbocycles. The predicted molar refractivity (Wildman–Crippen MR) is 79.4 cm³/mol. The summed E-state index contributed by atoms with van der Waals surface area (Å²) in [6.07, 6.45) is 3.91. The van der Waals surface area contributed by atoms with E-state index >= 15 is 0 Å². The van der Waals surface area contributed by atoms with Gasteiger partial charge in [-0.05, 0) is 56.0 Å². The SMILES string of the molecule is COc1ccc(CN(C)CC2(CN)CCC2)cc1C. The van der Waals surface area contributed by atoms with Crippen molar-refractivity contribution in [3.05, 3.63) is 29.3 Å². The van der Waals surface area contributed by atoms with Gasteiger partial charge in [0.2, 0.25) is 0 Å². The molecule has 1 fully saturated rings. The molecule has 0 heterocycles. The average molecular weight is 262 g/mol. The van der Waals surface area contributed by atoms with Crippen molar-refractivity contribution in [2.45, 2.75) is 32.7 Å². The largest absolute Gasteiger partial charge is 0.496 e. The summed E-state index contributed by atoms with van der Waals surface area (Å²) in [5, 5.41) is 0. The molecule has 2 rings (SSSR count). The van der Waals surface area contributed by atoms with E-state index in [1.165, 1.54) is 30.4 Å². The van der Waals surface area contributed by atoms with E-state index in [-0.39, 0.29) is 0 Å². The third-order valence-electron chi connectivity index (χ3n) is 4.36. The van der Waals surface area contributed by atoms with Gasteiger partial charge in [-0.15, -0.1) is 0 Å². The molecule has 3 nitrogen and oxygen atoms in total. The second kappa shape index (κ2) is 5.93. The zero-order chi connectivity index (χ0) is 13.9.